The van der Waals surface area contributed by atoms with Gasteiger partial charge >= 0.3 is 0 Å². The van der Waals surface area contributed by atoms with Gasteiger partial charge in [0.15, 0.2) is 22.6 Å². The molecule has 0 spiro atoms. The molecule has 11 heteroatoms. The van der Waals surface area contributed by atoms with Crippen molar-refractivity contribution in [1.82, 2.24) is 9.88 Å². The van der Waals surface area contributed by atoms with Gasteiger partial charge in [-0.05, 0) is 43.2 Å². The second kappa shape index (κ2) is 8.31. The van der Waals surface area contributed by atoms with Crippen molar-refractivity contribution in [3.05, 3.63) is 65.0 Å². The molecule has 0 radical (unpaired) electrons. The molecule has 0 unspecified atom stereocenters. The predicted molar refractivity (Wildman–Crippen MR) is 121 cm³/mol. The lowest BCUT2D eigenvalue weighted by atomic mass is 9.95. The molecule has 3 aromatic rings. The molecule has 0 aliphatic carbocycles. The van der Waals surface area contributed by atoms with Crippen molar-refractivity contribution < 1.29 is 22.0 Å². The largest absolute Gasteiger partial charge is 0.355 e. The molecule has 5 rings (SSSR count). The van der Waals surface area contributed by atoms with Crippen LogP contribution in [0.2, 0.25) is 0 Å². The molecule has 1 amide bonds. The number of aromatic nitrogens is 1. The van der Waals surface area contributed by atoms with Crippen LogP contribution in [0.1, 0.15) is 18.4 Å². The summed E-state index contributed by atoms with van der Waals surface area (Å²) in [5.74, 6) is -1.90. The van der Waals surface area contributed by atoms with Crippen LogP contribution < -0.4 is 5.32 Å². The van der Waals surface area contributed by atoms with Crippen LogP contribution in [-0.2, 0) is 14.8 Å². The molecular formula is C22H18F2N4O3S2. The number of hydrogen-bond acceptors (Lipinski definition) is 6. The van der Waals surface area contributed by atoms with E-state index in [0.29, 0.717) is 53.7 Å². The molecule has 1 N–H and O–H groups in total. The number of anilines is 1. The number of thiazole rings is 1. The molecule has 1 saturated heterocycles. The van der Waals surface area contributed by atoms with Gasteiger partial charge < -0.3 is 10.2 Å². The summed E-state index contributed by atoms with van der Waals surface area (Å²) >= 11 is 1.20. The van der Waals surface area contributed by atoms with Gasteiger partial charge in [-0.1, -0.05) is 12.1 Å². The first-order chi connectivity index (χ1) is 15.8. The fraction of sp³-hybridized carbons (Fsp3) is 0.227. The third-order valence-electron chi connectivity index (χ3n) is 5.73. The highest BCUT2D eigenvalue weighted by Crippen LogP contribution is 2.31. The zero-order chi connectivity index (χ0) is 23.2. The molecule has 3 heterocycles. The van der Waals surface area contributed by atoms with E-state index in [9.17, 15) is 22.0 Å². The minimum atomic E-state index is -3.68. The summed E-state index contributed by atoms with van der Waals surface area (Å²) < 4.78 is 55.2. The quantitative estimate of drug-likeness (QED) is 0.604. The van der Waals surface area contributed by atoms with E-state index in [0.717, 1.165) is 12.1 Å². The lowest BCUT2D eigenvalue weighted by molar-refractivity contribution is -0.120. The minimum absolute atomic E-state index is 0.179. The van der Waals surface area contributed by atoms with Gasteiger partial charge in [0.05, 0.1) is 5.69 Å². The monoisotopic (exact) mass is 488 g/mol. The topological polar surface area (TPSA) is 91.7 Å². The van der Waals surface area contributed by atoms with E-state index in [2.05, 4.69) is 14.7 Å². The Morgan fingerprint density at radius 3 is 2.61 bits per heavy atom. The van der Waals surface area contributed by atoms with E-state index in [1.807, 2.05) is 4.90 Å². The molecule has 0 bridgehead atoms. The second-order valence-corrected chi connectivity index (χ2v) is 10.2. The van der Waals surface area contributed by atoms with Gasteiger partial charge in [-0.25, -0.2) is 13.8 Å². The summed E-state index contributed by atoms with van der Waals surface area (Å²) in [7, 11) is -3.68. The first-order valence-electron chi connectivity index (χ1n) is 10.2. The molecule has 1 aromatic heterocycles. The van der Waals surface area contributed by atoms with Gasteiger partial charge in [-0.3, -0.25) is 4.79 Å². The highest BCUT2D eigenvalue weighted by Gasteiger charge is 2.34. The Bertz CT molecular complexity index is 1380. The number of hydrogen-bond donors (Lipinski definition) is 1. The first kappa shape index (κ1) is 21.7. The Morgan fingerprint density at radius 2 is 1.85 bits per heavy atom. The maximum atomic E-state index is 13.5. The summed E-state index contributed by atoms with van der Waals surface area (Å²) in [5, 5.41) is 4.84. The van der Waals surface area contributed by atoms with Crippen LogP contribution >= 0.6 is 11.3 Å². The number of rotatable bonds is 3. The zero-order valence-electron chi connectivity index (χ0n) is 17.2. The van der Waals surface area contributed by atoms with Gasteiger partial charge in [0.2, 0.25) is 5.91 Å². The lowest BCUT2D eigenvalue weighted by Gasteiger charge is -2.32. The summed E-state index contributed by atoms with van der Waals surface area (Å²) in [6.45, 7) is 0.998. The van der Waals surface area contributed by atoms with Gasteiger partial charge in [-0.15, -0.1) is 15.7 Å². The molecule has 0 atom stereocenters. The molecule has 2 aliphatic rings. The Morgan fingerprint density at radius 1 is 1.09 bits per heavy atom. The third-order valence-corrected chi connectivity index (χ3v) is 7.81. The van der Waals surface area contributed by atoms with Crippen LogP contribution in [0.25, 0.3) is 11.3 Å². The summed E-state index contributed by atoms with van der Waals surface area (Å²) in [5.41, 5.74) is 1.46. The average Bonchev–Trinajstić information content (AvgIpc) is 3.38. The number of benzene rings is 2. The van der Waals surface area contributed by atoms with Crippen molar-refractivity contribution in [2.75, 3.05) is 18.4 Å². The molecule has 1 fully saturated rings. The van der Waals surface area contributed by atoms with Crippen LogP contribution in [0.5, 0.6) is 0 Å². The van der Waals surface area contributed by atoms with E-state index in [1.165, 1.54) is 17.4 Å². The Hall–Kier alpha value is -3.18. The smallest absolute Gasteiger partial charge is 0.285 e. The van der Waals surface area contributed by atoms with E-state index in [4.69, 9.17) is 0 Å². The molecule has 2 aromatic carbocycles. The SMILES string of the molecule is O=C(Nc1nc(-c2ccc(F)c(F)c2)cs1)C1CCN(C2=NS(=O)(=O)c3ccccc32)CC1. The highest BCUT2D eigenvalue weighted by molar-refractivity contribution is 7.90. The Balaban J connectivity index is 1.22. The van der Waals surface area contributed by atoms with Gasteiger partial charge in [-0.2, -0.15) is 8.42 Å². The summed E-state index contributed by atoms with van der Waals surface area (Å²) in [6.07, 6.45) is 1.07. The number of amidine groups is 1. The number of amides is 1. The highest BCUT2D eigenvalue weighted by atomic mass is 32.2. The van der Waals surface area contributed by atoms with Crippen molar-refractivity contribution in [3.63, 3.8) is 0 Å². The molecule has 33 heavy (non-hydrogen) atoms. The lowest BCUT2D eigenvalue weighted by Crippen LogP contribution is -2.41. The number of nitrogens with one attached hydrogen (secondary N) is 1. The zero-order valence-corrected chi connectivity index (χ0v) is 18.8. The average molecular weight is 489 g/mol. The van der Waals surface area contributed by atoms with E-state index >= 15 is 0 Å². The maximum absolute atomic E-state index is 13.5. The maximum Gasteiger partial charge on any atom is 0.285 e. The van der Waals surface area contributed by atoms with Crippen LogP contribution in [0.4, 0.5) is 13.9 Å². The van der Waals surface area contributed by atoms with Gasteiger partial charge in [0.1, 0.15) is 4.90 Å². The van der Waals surface area contributed by atoms with Gasteiger partial charge in [0, 0.05) is 35.5 Å². The fourth-order valence-corrected chi connectivity index (χ4v) is 5.95. The minimum Gasteiger partial charge on any atom is -0.355 e. The van der Waals surface area contributed by atoms with Crippen LogP contribution in [0.3, 0.4) is 0 Å². The van der Waals surface area contributed by atoms with Crippen LogP contribution in [0.15, 0.2) is 57.1 Å². The molecule has 2 aliphatic heterocycles. The number of nitrogens with zero attached hydrogens (tertiary/aromatic N) is 3. The van der Waals surface area contributed by atoms with Crippen molar-refractivity contribution in [2.45, 2.75) is 17.7 Å². The normalized spacial score (nSPS) is 17.5. The van der Waals surface area contributed by atoms with Crippen molar-refractivity contribution in [3.8, 4) is 11.3 Å². The number of sulfonamides is 1. The van der Waals surface area contributed by atoms with E-state index < -0.39 is 21.7 Å². The molecule has 0 saturated carbocycles. The van der Waals surface area contributed by atoms with E-state index in [-0.39, 0.29) is 16.7 Å². The van der Waals surface area contributed by atoms with Crippen LogP contribution in [0, 0.1) is 17.6 Å². The Kier molecular flexibility index (Phi) is 5.45. The predicted octanol–water partition coefficient (Wildman–Crippen LogP) is 3.89. The number of halogens is 2. The number of carbonyl (C=O) groups excluding carboxylic acids is 1. The Labute approximate surface area is 192 Å². The number of likely N-dealkylation sites (tertiary alicyclic amines) is 1. The van der Waals surface area contributed by atoms with Crippen LogP contribution in [-0.4, -0.2) is 43.1 Å². The summed E-state index contributed by atoms with van der Waals surface area (Å²) in [6, 6.07) is 10.3. The fourth-order valence-electron chi connectivity index (χ4n) is 4.00. The standard InChI is InChI=1S/C22H18F2N4O3S2/c23-16-6-5-14(11-17(16)24)18-12-32-22(25-18)26-21(29)13-7-9-28(10-8-13)20-15-3-1-2-4-19(15)33(30,31)27-20/h1-6,11-13H,7-10H2,(H,25,26,29). The van der Waals surface area contributed by atoms with Crippen molar-refractivity contribution in [2.24, 2.45) is 10.3 Å². The number of fused-ring (bicyclic) bond motifs is 1. The second-order valence-electron chi connectivity index (χ2n) is 7.80. The molecule has 170 valence electrons. The molecule has 7 nitrogen and oxygen atoms in total. The third kappa shape index (κ3) is 4.13. The van der Waals surface area contributed by atoms with E-state index in [1.54, 1.807) is 29.6 Å². The van der Waals surface area contributed by atoms with Crippen molar-refractivity contribution in [1.29, 1.82) is 0 Å². The first-order valence-corrected chi connectivity index (χ1v) is 12.5. The number of piperidine rings is 1. The summed E-state index contributed by atoms with van der Waals surface area (Å²) in [4.78, 5) is 19.2. The molecular weight excluding hydrogens is 470 g/mol. The van der Waals surface area contributed by atoms with Gasteiger partial charge in [0.25, 0.3) is 10.0 Å². The number of carbonyl (C=O) groups is 1. The van der Waals surface area contributed by atoms with Crippen molar-refractivity contribution >= 4 is 38.2 Å².